The number of fused-ring (bicyclic) bond motifs is 1. The Labute approximate surface area is 151 Å². The number of aromatic amines is 1. The summed E-state index contributed by atoms with van der Waals surface area (Å²) in [5.74, 6) is 0.875. The normalized spacial score (nSPS) is 10.8. The Bertz CT molecular complexity index is 1150. The topological polar surface area (TPSA) is 134 Å². The maximum atomic E-state index is 10.7. The number of nitrogens with one attached hydrogen (secondary N) is 1. The van der Waals surface area contributed by atoms with Crippen molar-refractivity contribution in [2.45, 2.75) is 0 Å². The number of H-pyrrole nitrogens is 1. The molecule has 4 aromatic rings. The van der Waals surface area contributed by atoms with Gasteiger partial charge in [-0.1, -0.05) is 0 Å². The van der Waals surface area contributed by atoms with Crippen LogP contribution in [0, 0.1) is 10.1 Å². The summed E-state index contributed by atoms with van der Waals surface area (Å²) in [5.41, 5.74) is 1.62. The first kappa shape index (κ1) is 16.3. The summed E-state index contributed by atoms with van der Waals surface area (Å²) in [4.78, 5) is 21.8. The molecular formula is C18H12N4O5. The van der Waals surface area contributed by atoms with E-state index >= 15 is 0 Å². The molecule has 0 saturated carbocycles. The molecule has 9 heteroatoms. The third-order valence-corrected chi connectivity index (χ3v) is 3.84. The molecule has 9 nitrogen and oxygen atoms in total. The van der Waals surface area contributed by atoms with Gasteiger partial charge in [0, 0.05) is 23.8 Å². The van der Waals surface area contributed by atoms with Crippen LogP contribution in [0.3, 0.4) is 0 Å². The molecule has 0 unspecified atom stereocenters. The molecule has 0 fully saturated rings. The van der Waals surface area contributed by atoms with Gasteiger partial charge in [0.25, 0.3) is 5.69 Å². The zero-order valence-corrected chi connectivity index (χ0v) is 13.7. The van der Waals surface area contributed by atoms with E-state index in [0.717, 1.165) is 0 Å². The third-order valence-electron chi connectivity index (χ3n) is 3.84. The molecule has 0 atom stereocenters. The number of rotatable bonds is 4. The highest BCUT2D eigenvalue weighted by atomic mass is 16.6. The fourth-order valence-electron chi connectivity index (χ4n) is 2.52. The standard InChI is InChI=1S/C18H12N4O5/c23-15-6-1-10(7-16(15)24)17-20-14-8-13(9-19-18(14)21-17)27-12-4-2-11(3-5-12)22(25)26/h1-9,23-24H,(H,19,20,21). The van der Waals surface area contributed by atoms with E-state index in [-0.39, 0.29) is 17.2 Å². The Balaban J connectivity index is 1.62. The lowest BCUT2D eigenvalue weighted by atomic mass is 10.2. The van der Waals surface area contributed by atoms with Crippen molar-refractivity contribution in [3.8, 4) is 34.4 Å². The molecule has 2 aromatic heterocycles. The van der Waals surface area contributed by atoms with Crippen molar-refractivity contribution in [1.29, 1.82) is 0 Å². The van der Waals surface area contributed by atoms with Crippen molar-refractivity contribution in [2.75, 3.05) is 0 Å². The number of imidazole rings is 1. The molecule has 27 heavy (non-hydrogen) atoms. The summed E-state index contributed by atoms with van der Waals surface area (Å²) in [5, 5.41) is 29.7. The average Bonchev–Trinajstić information content (AvgIpc) is 3.08. The van der Waals surface area contributed by atoms with Crippen LogP contribution < -0.4 is 4.74 Å². The van der Waals surface area contributed by atoms with E-state index in [2.05, 4.69) is 15.0 Å². The van der Waals surface area contributed by atoms with Gasteiger partial charge in [-0.3, -0.25) is 10.1 Å². The minimum absolute atomic E-state index is 0.0220. The van der Waals surface area contributed by atoms with E-state index in [4.69, 9.17) is 4.74 Å². The lowest BCUT2D eigenvalue weighted by Crippen LogP contribution is -1.89. The van der Waals surface area contributed by atoms with Crippen LogP contribution in [-0.2, 0) is 0 Å². The Morgan fingerprint density at radius 3 is 2.48 bits per heavy atom. The molecule has 0 bridgehead atoms. The van der Waals surface area contributed by atoms with E-state index in [1.54, 1.807) is 12.1 Å². The number of phenolic OH excluding ortho intramolecular Hbond substituents is 2. The van der Waals surface area contributed by atoms with E-state index in [1.165, 1.54) is 42.6 Å². The van der Waals surface area contributed by atoms with Crippen molar-refractivity contribution in [2.24, 2.45) is 0 Å². The van der Waals surface area contributed by atoms with E-state index in [0.29, 0.717) is 34.1 Å². The van der Waals surface area contributed by atoms with Crippen molar-refractivity contribution >= 4 is 16.9 Å². The van der Waals surface area contributed by atoms with Crippen LogP contribution in [-0.4, -0.2) is 30.1 Å². The number of ether oxygens (including phenoxy) is 1. The summed E-state index contributed by atoms with van der Waals surface area (Å²) in [7, 11) is 0. The number of hydrogen-bond donors (Lipinski definition) is 3. The maximum Gasteiger partial charge on any atom is 0.269 e. The predicted octanol–water partition coefficient (Wildman–Crippen LogP) is 3.74. The SMILES string of the molecule is O=[N+]([O-])c1ccc(Oc2cnc3nc(-c4ccc(O)c(O)c4)[nH]c3c2)cc1. The highest BCUT2D eigenvalue weighted by Crippen LogP contribution is 2.31. The molecule has 0 spiro atoms. The Hall–Kier alpha value is -4.14. The van der Waals surface area contributed by atoms with Crippen molar-refractivity contribution < 1.29 is 19.9 Å². The second kappa shape index (κ2) is 6.30. The molecule has 0 radical (unpaired) electrons. The van der Waals surface area contributed by atoms with E-state index in [1.807, 2.05) is 0 Å². The summed E-state index contributed by atoms with van der Waals surface area (Å²) in [6, 6.07) is 11.8. The van der Waals surface area contributed by atoms with Crippen LogP contribution in [0.4, 0.5) is 5.69 Å². The first-order valence-corrected chi connectivity index (χ1v) is 7.80. The van der Waals surface area contributed by atoms with Crippen LogP contribution in [0.5, 0.6) is 23.0 Å². The van der Waals surface area contributed by atoms with Gasteiger partial charge in [0.2, 0.25) is 0 Å². The van der Waals surface area contributed by atoms with E-state index < -0.39 is 4.92 Å². The van der Waals surface area contributed by atoms with Gasteiger partial charge in [-0.25, -0.2) is 9.97 Å². The quantitative estimate of drug-likeness (QED) is 0.285. The number of hydrogen-bond acceptors (Lipinski definition) is 7. The molecule has 0 aliphatic carbocycles. The molecule has 0 aliphatic heterocycles. The fourth-order valence-corrected chi connectivity index (χ4v) is 2.52. The monoisotopic (exact) mass is 364 g/mol. The van der Waals surface area contributed by atoms with Gasteiger partial charge in [0.15, 0.2) is 17.1 Å². The Morgan fingerprint density at radius 2 is 1.78 bits per heavy atom. The highest BCUT2D eigenvalue weighted by molar-refractivity contribution is 5.77. The highest BCUT2D eigenvalue weighted by Gasteiger charge is 2.11. The molecule has 2 heterocycles. The van der Waals surface area contributed by atoms with Gasteiger partial charge in [-0.15, -0.1) is 0 Å². The van der Waals surface area contributed by atoms with Gasteiger partial charge >= 0.3 is 0 Å². The van der Waals surface area contributed by atoms with Crippen LogP contribution in [0.25, 0.3) is 22.6 Å². The Morgan fingerprint density at radius 1 is 1.00 bits per heavy atom. The lowest BCUT2D eigenvalue weighted by Gasteiger charge is -2.04. The molecular weight excluding hydrogens is 352 g/mol. The Kier molecular flexibility index (Phi) is 3.81. The number of aromatic nitrogens is 3. The zero-order chi connectivity index (χ0) is 19.0. The molecule has 3 N–H and O–H groups in total. The first-order chi connectivity index (χ1) is 13.0. The second-order valence-corrected chi connectivity index (χ2v) is 5.68. The summed E-state index contributed by atoms with van der Waals surface area (Å²) >= 11 is 0. The van der Waals surface area contributed by atoms with Gasteiger partial charge in [-0.2, -0.15) is 0 Å². The number of benzene rings is 2. The van der Waals surface area contributed by atoms with Crippen LogP contribution in [0.15, 0.2) is 54.7 Å². The largest absolute Gasteiger partial charge is 0.504 e. The summed E-state index contributed by atoms with van der Waals surface area (Å²) in [6.45, 7) is 0. The first-order valence-electron chi connectivity index (χ1n) is 7.80. The molecule has 134 valence electrons. The third kappa shape index (κ3) is 3.21. The number of aromatic hydroxyl groups is 2. The minimum Gasteiger partial charge on any atom is -0.504 e. The zero-order valence-electron chi connectivity index (χ0n) is 13.7. The molecule has 0 saturated heterocycles. The summed E-state index contributed by atoms with van der Waals surface area (Å²) in [6.07, 6.45) is 1.49. The van der Waals surface area contributed by atoms with Gasteiger partial charge in [0.05, 0.1) is 16.6 Å². The lowest BCUT2D eigenvalue weighted by molar-refractivity contribution is -0.384. The number of pyridine rings is 1. The van der Waals surface area contributed by atoms with Crippen LogP contribution >= 0.6 is 0 Å². The maximum absolute atomic E-state index is 10.7. The number of phenols is 2. The minimum atomic E-state index is -0.482. The number of nitro benzene ring substituents is 1. The number of nitrogens with zero attached hydrogens (tertiary/aromatic N) is 3. The van der Waals surface area contributed by atoms with Crippen molar-refractivity contribution in [3.63, 3.8) is 0 Å². The van der Waals surface area contributed by atoms with Gasteiger partial charge < -0.3 is 19.9 Å². The molecule has 0 aliphatic rings. The van der Waals surface area contributed by atoms with Gasteiger partial charge in [-0.05, 0) is 30.3 Å². The predicted molar refractivity (Wildman–Crippen MR) is 95.8 cm³/mol. The summed E-state index contributed by atoms with van der Waals surface area (Å²) < 4.78 is 5.67. The average molecular weight is 364 g/mol. The molecule has 4 rings (SSSR count). The molecule has 2 aromatic carbocycles. The second-order valence-electron chi connectivity index (χ2n) is 5.68. The van der Waals surface area contributed by atoms with Crippen LogP contribution in [0.1, 0.15) is 0 Å². The van der Waals surface area contributed by atoms with Crippen molar-refractivity contribution in [3.05, 3.63) is 64.8 Å². The number of non-ortho nitro benzene ring substituents is 1. The van der Waals surface area contributed by atoms with Crippen LogP contribution in [0.2, 0.25) is 0 Å². The fraction of sp³-hybridized carbons (Fsp3) is 0. The smallest absolute Gasteiger partial charge is 0.269 e. The van der Waals surface area contributed by atoms with Gasteiger partial charge in [0.1, 0.15) is 17.3 Å². The van der Waals surface area contributed by atoms with E-state index in [9.17, 15) is 20.3 Å². The number of nitro groups is 1. The molecule has 0 amide bonds. The van der Waals surface area contributed by atoms with Crippen molar-refractivity contribution in [1.82, 2.24) is 15.0 Å².